The summed E-state index contributed by atoms with van der Waals surface area (Å²) in [5.41, 5.74) is 1.58. The molecule has 0 bridgehead atoms. The maximum Gasteiger partial charge on any atom is 0.358 e. The normalized spacial score (nSPS) is 11.9. The lowest BCUT2D eigenvalue weighted by molar-refractivity contribution is 0.0323. The van der Waals surface area contributed by atoms with Crippen LogP contribution in [0.3, 0.4) is 0 Å². The molecule has 3 rings (SSSR count). The topological polar surface area (TPSA) is 77.9 Å². The lowest BCUT2D eigenvalue weighted by Crippen LogP contribution is -2.10. The van der Waals surface area contributed by atoms with Crippen LogP contribution in [0.25, 0.3) is 10.7 Å². The molecular weight excluding hydrogens is 300 g/mol. The minimum Gasteiger partial charge on any atom is -0.451 e. The van der Waals surface area contributed by atoms with Crippen molar-refractivity contribution < 1.29 is 9.53 Å². The van der Waals surface area contributed by atoms with Crippen LogP contribution in [-0.4, -0.2) is 25.9 Å². The number of carbonyl (C=O) groups excluding carboxylic acids is 1. The molecule has 110 valence electrons. The van der Waals surface area contributed by atoms with Crippen molar-refractivity contribution in [1.29, 1.82) is 0 Å². The van der Waals surface area contributed by atoms with Gasteiger partial charge in [-0.25, -0.2) is 9.78 Å². The molecule has 0 amide bonds. The number of pyridine rings is 1. The van der Waals surface area contributed by atoms with Crippen molar-refractivity contribution in [2.45, 2.75) is 13.0 Å². The van der Waals surface area contributed by atoms with Gasteiger partial charge < -0.3 is 4.74 Å². The van der Waals surface area contributed by atoms with Gasteiger partial charge in [-0.3, -0.25) is 15.0 Å². The summed E-state index contributed by atoms with van der Waals surface area (Å²) < 4.78 is 5.38. The van der Waals surface area contributed by atoms with E-state index in [0.29, 0.717) is 16.4 Å². The molecule has 0 saturated heterocycles. The number of carbonyl (C=O) groups is 1. The van der Waals surface area contributed by atoms with Crippen molar-refractivity contribution in [3.63, 3.8) is 0 Å². The van der Waals surface area contributed by atoms with Gasteiger partial charge in [0.15, 0.2) is 5.69 Å². The summed E-state index contributed by atoms with van der Waals surface area (Å²) in [6.45, 7) is 1.77. The molecule has 0 saturated carbocycles. The van der Waals surface area contributed by atoms with Crippen molar-refractivity contribution >= 4 is 17.3 Å². The summed E-state index contributed by atoms with van der Waals surface area (Å²) in [5, 5.41) is 2.28. The number of nitrogens with zero attached hydrogens (tertiary/aromatic N) is 4. The fourth-order valence-electron chi connectivity index (χ4n) is 1.79. The number of hydrogen-bond acceptors (Lipinski definition) is 7. The predicted octanol–water partition coefficient (Wildman–Crippen LogP) is 2.91. The first-order valence-electron chi connectivity index (χ1n) is 6.58. The lowest BCUT2D eigenvalue weighted by atomic mass is 10.2. The molecule has 3 aromatic heterocycles. The van der Waals surface area contributed by atoms with Crippen LogP contribution in [0.15, 0.2) is 48.4 Å². The summed E-state index contributed by atoms with van der Waals surface area (Å²) in [5.74, 6) is -0.482. The standard InChI is InChI=1S/C15H12N4O2S/c1-10(11-4-2-3-5-17-11)21-15(20)13-9-22-14(19-13)12-8-16-6-7-18-12/h2-10H,1H3/t10-/m1/s1. The van der Waals surface area contributed by atoms with Crippen molar-refractivity contribution in [1.82, 2.24) is 19.9 Å². The van der Waals surface area contributed by atoms with Gasteiger partial charge in [-0.1, -0.05) is 6.07 Å². The molecule has 3 aromatic rings. The monoisotopic (exact) mass is 312 g/mol. The highest BCUT2D eigenvalue weighted by Gasteiger charge is 2.18. The summed E-state index contributed by atoms with van der Waals surface area (Å²) in [6, 6.07) is 5.47. The van der Waals surface area contributed by atoms with Gasteiger partial charge in [0, 0.05) is 24.0 Å². The van der Waals surface area contributed by atoms with E-state index in [2.05, 4.69) is 19.9 Å². The lowest BCUT2D eigenvalue weighted by Gasteiger charge is -2.11. The molecule has 0 aliphatic carbocycles. The van der Waals surface area contributed by atoms with E-state index in [0.717, 1.165) is 0 Å². The van der Waals surface area contributed by atoms with Crippen LogP contribution in [0, 0.1) is 0 Å². The Morgan fingerprint density at radius 3 is 2.86 bits per heavy atom. The Morgan fingerprint density at radius 1 is 1.23 bits per heavy atom. The molecule has 0 aliphatic heterocycles. The van der Waals surface area contributed by atoms with Crippen LogP contribution in [0.1, 0.15) is 29.2 Å². The van der Waals surface area contributed by atoms with Crippen LogP contribution in [0.4, 0.5) is 0 Å². The number of aromatic nitrogens is 4. The van der Waals surface area contributed by atoms with Crippen molar-refractivity contribution in [3.05, 3.63) is 59.8 Å². The van der Waals surface area contributed by atoms with E-state index in [4.69, 9.17) is 4.74 Å². The highest BCUT2D eigenvalue weighted by atomic mass is 32.1. The molecular formula is C15H12N4O2S. The minimum atomic E-state index is -0.482. The highest BCUT2D eigenvalue weighted by molar-refractivity contribution is 7.13. The van der Waals surface area contributed by atoms with Gasteiger partial charge in [0.2, 0.25) is 0 Å². The number of thiazole rings is 1. The van der Waals surface area contributed by atoms with Gasteiger partial charge in [-0.15, -0.1) is 11.3 Å². The van der Waals surface area contributed by atoms with Gasteiger partial charge >= 0.3 is 5.97 Å². The van der Waals surface area contributed by atoms with E-state index < -0.39 is 12.1 Å². The Balaban J connectivity index is 1.72. The summed E-state index contributed by atoms with van der Waals surface area (Å²) in [7, 11) is 0. The Hall–Kier alpha value is -2.67. The molecule has 22 heavy (non-hydrogen) atoms. The Morgan fingerprint density at radius 2 is 2.14 bits per heavy atom. The maximum atomic E-state index is 12.1. The van der Waals surface area contributed by atoms with E-state index in [1.165, 1.54) is 11.3 Å². The van der Waals surface area contributed by atoms with Gasteiger partial charge in [0.05, 0.1) is 11.9 Å². The minimum absolute atomic E-state index is 0.258. The van der Waals surface area contributed by atoms with Crippen LogP contribution < -0.4 is 0 Å². The molecule has 0 spiro atoms. The van der Waals surface area contributed by atoms with E-state index in [-0.39, 0.29) is 5.69 Å². The highest BCUT2D eigenvalue weighted by Crippen LogP contribution is 2.22. The molecule has 0 fully saturated rings. The molecule has 7 heteroatoms. The first kappa shape index (κ1) is 14.3. The second-order valence-corrected chi connectivity index (χ2v) is 5.29. The van der Waals surface area contributed by atoms with E-state index in [1.807, 2.05) is 18.2 Å². The van der Waals surface area contributed by atoms with E-state index in [9.17, 15) is 4.79 Å². The SMILES string of the molecule is C[C@@H](OC(=O)c1csc(-c2cnccn2)n1)c1ccccn1. The zero-order chi connectivity index (χ0) is 15.4. The largest absolute Gasteiger partial charge is 0.451 e. The van der Waals surface area contributed by atoms with Gasteiger partial charge in [0.1, 0.15) is 16.8 Å². The quantitative estimate of drug-likeness (QED) is 0.689. The molecule has 0 aliphatic rings. The average Bonchev–Trinajstić information content (AvgIpc) is 3.06. The van der Waals surface area contributed by atoms with Crippen LogP contribution in [0.5, 0.6) is 0 Å². The van der Waals surface area contributed by atoms with Gasteiger partial charge in [-0.2, -0.15) is 0 Å². The van der Waals surface area contributed by atoms with Crippen LogP contribution in [-0.2, 0) is 4.74 Å². The molecule has 0 N–H and O–H groups in total. The van der Waals surface area contributed by atoms with E-state index >= 15 is 0 Å². The second-order valence-electron chi connectivity index (χ2n) is 4.43. The van der Waals surface area contributed by atoms with Crippen LogP contribution in [0.2, 0.25) is 0 Å². The fourth-order valence-corrected chi connectivity index (χ4v) is 2.54. The Labute approximate surface area is 130 Å². The van der Waals surface area contributed by atoms with Gasteiger partial charge in [-0.05, 0) is 19.1 Å². The molecule has 1 atom stereocenters. The van der Waals surface area contributed by atoms with Crippen LogP contribution >= 0.6 is 11.3 Å². The molecule has 3 heterocycles. The first-order valence-corrected chi connectivity index (χ1v) is 7.46. The van der Waals surface area contributed by atoms with Crippen molar-refractivity contribution in [3.8, 4) is 10.7 Å². The zero-order valence-corrected chi connectivity index (χ0v) is 12.5. The molecule has 0 aromatic carbocycles. The summed E-state index contributed by atoms with van der Waals surface area (Å²) in [4.78, 5) is 28.7. The van der Waals surface area contributed by atoms with Gasteiger partial charge in [0.25, 0.3) is 0 Å². The smallest absolute Gasteiger partial charge is 0.358 e. The third-order valence-corrected chi connectivity index (χ3v) is 3.75. The summed E-state index contributed by atoms with van der Waals surface area (Å²) >= 11 is 1.32. The molecule has 6 nitrogen and oxygen atoms in total. The van der Waals surface area contributed by atoms with Crippen molar-refractivity contribution in [2.75, 3.05) is 0 Å². The molecule has 0 radical (unpaired) electrons. The summed E-state index contributed by atoms with van der Waals surface area (Å²) in [6.07, 6.45) is 5.99. The maximum absolute atomic E-state index is 12.1. The zero-order valence-electron chi connectivity index (χ0n) is 11.7. The predicted molar refractivity (Wildman–Crippen MR) is 81.2 cm³/mol. The number of ether oxygens (including phenoxy) is 1. The third-order valence-electron chi connectivity index (χ3n) is 2.88. The number of rotatable bonds is 4. The first-order chi connectivity index (χ1) is 10.7. The second kappa shape index (κ2) is 6.40. The molecule has 0 unspecified atom stereocenters. The van der Waals surface area contributed by atoms with Crippen molar-refractivity contribution in [2.24, 2.45) is 0 Å². The fraction of sp³-hybridized carbons (Fsp3) is 0.133. The van der Waals surface area contributed by atoms with E-state index in [1.54, 1.807) is 37.1 Å². The number of hydrogen-bond donors (Lipinski definition) is 0. The number of esters is 1. The Bertz CT molecular complexity index is 761. The third kappa shape index (κ3) is 3.15. The Kier molecular flexibility index (Phi) is 4.15. The average molecular weight is 312 g/mol.